The number of carbonyl (C=O) groups is 1. The first-order valence-corrected chi connectivity index (χ1v) is 7.68. The predicted octanol–water partition coefficient (Wildman–Crippen LogP) is 3.02. The number of rotatable bonds is 4. The molecule has 1 aliphatic rings. The lowest BCUT2D eigenvalue weighted by Gasteiger charge is -2.34. The lowest BCUT2D eigenvalue weighted by atomic mass is 9.78. The minimum Gasteiger partial charge on any atom is -0.353 e. The fourth-order valence-corrected chi connectivity index (χ4v) is 3.07. The SMILES string of the molecule is CC1CCCC(NC(=O)CC(N)c2ccccc2)C1C. The predicted molar refractivity (Wildman–Crippen MR) is 82.1 cm³/mol. The Morgan fingerprint density at radius 2 is 2.00 bits per heavy atom. The van der Waals surface area contributed by atoms with Gasteiger partial charge in [0.05, 0.1) is 0 Å². The molecule has 0 saturated heterocycles. The summed E-state index contributed by atoms with van der Waals surface area (Å²) in [5.74, 6) is 1.32. The van der Waals surface area contributed by atoms with Gasteiger partial charge in [-0.05, 0) is 23.8 Å². The third-order valence-electron chi connectivity index (χ3n) is 4.69. The van der Waals surface area contributed by atoms with E-state index in [0.717, 1.165) is 12.0 Å². The van der Waals surface area contributed by atoms with Gasteiger partial charge in [-0.15, -0.1) is 0 Å². The number of nitrogens with two attached hydrogens (primary N) is 1. The van der Waals surface area contributed by atoms with Crippen molar-refractivity contribution in [3.63, 3.8) is 0 Å². The summed E-state index contributed by atoms with van der Waals surface area (Å²) in [7, 11) is 0. The molecular weight excluding hydrogens is 248 g/mol. The Kier molecular flexibility index (Phi) is 5.18. The molecule has 2 rings (SSSR count). The van der Waals surface area contributed by atoms with Crippen LogP contribution >= 0.6 is 0 Å². The molecule has 20 heavy (non-hydrogen) atoms. The highest BCUT2D eigenvalue weighted by atomic mass is 16.1. The van der Waals surface area contributed by atoms with Crippen LogP contribution in [0.15, 0.2) is 30.3 Å². The topological polar surface area (TPSA) is 55.1 Å². The molecule has 1 amide bonds. The first kappa shape index (κ1) is 15.0. The van der Waals surface area contributed by atoms with E-state index in [9.17, 15) is 4.79 Å². The van der Waals surface area contributed by atoms with Gasteiger partial charge >= 0.3 is 0 Å². The first-order chi connectivity index (χ1) is 9.58. The zero-order valence-corrected chi connectivity index (χ0v) is 12.5. The van der Waals surface area contributed by atoms with Crippen LogP contribution in [0.4, 0.5) is 0 Å². The molecule has 0 heterocycles. The van der Waals surface area contributed by atoms with Crippen molar-refractivity contribution >= 4 is 5.91 Å². The van der Waals surface area contributed by atoms with Crippen LogP contribution in [0.1, 0.15) is 51.1 Å². The van der Waals surface area contributed by atoms with Crippen LogP contribution < -0.4 is 11.1 Å². The van der Waals surface area contributed by atoms with Gasteiger partial charge in [0.2, 0.25) is 5.91 Å². The Hall–Kier alpha value is -1.35. The molecule has 1 saturated carbocycles. The van der Waals surface area contributed by atoms with Gasteiger partial charge in [0.15, 0.2) is 0 Å². The van der Waals surface area contributed by atoms with Crippen molar-refractivity contribution in [2.24, 2.45) is 17.6 Å². The Labute approximate surface area is 121 Å². The smallest absolute Gasteiger partial charge is 0.222 e. The Balaban J connectivity index is 1.86. The Morgan fingerprint density at radius 1 is 1.30 bits per heavy atom. The molecule has 0 radical (unpaired) electrons. The molecule has 1 aromatic rings. The van der Waals surface area contributed by atoms with E-state index in [0.29, 0.717) is 24.3 Å². The summed E-state index contributed by atoms with van der Waals surface area (Å²) in [5, 5.41) is 3.18. The van der Waals surface area contributed by atoms with Crippen LogP contribution in [0.5, 0.6) is 0 Å². The van der Waals surface area contributed by atoms with Gasteiger partial charge in [0, 0.05) is 18.5 Å². The lowest BCUT2D eigenvalue weighted by Crippen LogP contribution is -2.44. The van der Waals surface area contributed by atoms with Gasteiger partial charge in [-0.3, -0.25) is 4.79 Å². The van der Waals surface area contributed by atoms with Gasteiger partial charge < -0.3 is 11.1 Å². The van der Waals surface area contributed by atoms with E-state index in [-0.39, 0.29) is 11.9 Å². The fourth-order valence-electron chi connectivity index (χ4n) is 3.07. The highest BCUT2D eigenvalue weighted by Gasteiger charge is 2.28. The van der Waals surface area contributed by atoms with E-state index in [1.54, 1.807) is 0 Å². The minimum atomic E-state index is -0.215. The summed E-state index contributed by atoms with van der Waals surface area (Å²) in [4.78, 5) is 12.2. The van der Waals surface area contributed by atoms with E-state index >= 15 is 0 Å². The molecule has 1 aliphatic carbocycles. The molecule has 0 aromatic heterocycles. The Morgan fingerprint density at radius 3 is 2.70 bits per heavy atom. The lowest BCUT2D eigenvalue weighted by molar-refractivity contribution is -0.122. The van der Waals surface area contributed by atoms with Gasteiger partial charge in [-0.1, -0.05) is 57.0 Å². The number of nitrogens with one attached hydrogen (secondary N) is 1. The number of amides is 1. The largest absolute Gasteiger partial charge is 0.353 e. The van der Waals surface area contributed by atoms with Crippen molar-refractivity contribution in [2.75, 3.05) is 0 Å². The highest BCUT2D eigenvalue weighted by Crippen LogP contribution is 2.29. The van der Waals surface area contributed by atoms with Crippen LogP contribution in [0.2, 0.25) is 0 Å². The zero-order chi connectivity index (χ0) is 14.5. The van der Waals surface area contributed by atoms with Crippen LogP contribution in [-0.2, 0) is 4.79 Å². The van der Waals surface area contributed by atoms with Crippen LogP contribution in [0.25, 0.3) is 0 Å². The summed E-state index contributed by atoms with van der Waals surface area (Å²) < 4.78 is 0. The molecule has 3 heteroatoms. The molecule has 110 valence electrons. The van der Waals surface area contributed by atoms with Crippen LogP contribution in [-0.4, -0.2) is 11.9 Å². The number of hydrogen-bond donors (Lipinski definition) is 2. The van der Waals surface area contributed by atoms with E-state index in [1.807, 2.05) is 30.3 Å². The van der Waals surface area contributed by atoms with Crippen LogP contribution in [0, 0.1) is 11.8 Å². The van der Waals surface area contributed by atoms with Crippen LogP contribution in [0.3, 0.4) is 0 Å². The molecular formula is C17H26N2O. The fraction of sp³-hybridized carbons (Fsp3) is 0.588. The second kappa shape index (κ2) is 6.89. The minimum absolute atomic E-state index is 0.0762. The second-order valence-electron chi connectivity index (χ2n) is 6.16. The normalized spacial score (nSPS) is 27.9. The number of hydrogen-bond acceptors (Lipinski definition) is 2. The van der Waals surface area contributed by atoms with E-state index < -0.39 is 0 Å². The molecule has 0 spiro atoms. The van der Waals surface area contributed by atoms with Crippen molar-refractivity contribution in [3.05, 3.63) is 35.9 Å². The quantitative estimate of drug-likeness (QED) is 0.886. The molecule has 1 aromatic carbocycles. The van der Waals surface area contributed by atoms with Gasteiger partial charge in [-0.25, -0.2) is 0 Å². The van der Waals surface area contributed by atoms with Crippen molar-refractivity contribution < 1.29 is 4.79 Å². The summed E-state index contributed by atoms with van der Waals surface area (Å²) >= 11 is 0. The standard InChI is InChI=1S/C17H26N2O/c1-12-7-6-10-16(13(12)2)19-17(20)11-15(18)14-8-4-3-5-9-14/h3-5,8-9,12-13,15-16H,6-7,10-11,18H2,1-2H3,(H,19,20). The van der Waals surface area contributed by atoms with Gasteiger partial charge in [-0.2, -0.15) is 0 Å². The average molecular weight is 274 g/mol. The van der Waals surface area contributed by atoms with Crippen molar-refractivity contribution in [1.82, 2.24) is 5.32 Å². The Bertz CT molecular complexity index is 432. The number of carbonyl (C=O) groups excluding carboxylic acids is 1. The molecule has 1 fully saturated rings. The summed E-state index contributed by atoms with van der Waals surface area (Å²) in [6, 6.07) is 9.92. The second-order valence-corrected chi connectivity index (χ2v) is 6.16. The molecule has 3 nitrogen and oxygen atoms in total. The van der Waals surface area contributed by atoms with E-state index in [4.69, 9.17) is 5.73 Å². The monoisotopic (exact) mass is 274 g/mol. The molecule has 4 unspecified atom stereocenters. The third kappa shape index (κ3) is 3.83. The maximum absolute atomic E-state index is 12.2. The third-order valence-corrected chi connectivity index (χ3v) is 4.69. The zero-order valence-electron chi connectivity index (χ0n) is 12.5. The molecule has 0 aliphatic heterocycles. The average Bonchev–Trinajstić information content (AvgIpc) is 2.45. The van der Waals surface area contributed by atoms with E-state index in [2.05, 4.69) is 19.2 Å². The molecule has 0 bridgehead atoms. The maximum Gasteiger partial charge on any atom is 0.222 e. The van der Waals surface area contributed by atoms with Gasteiger partial charge in [0.1, 0.15) is 0 Å². The molecule has 4 atom stereocenters. The maximum atomic E-state index is 12.2. The van der Waals surface area contributed by atoms with E-state index in [1.165, 1.54) is 12.8 Å². The summed E-state index contributed by atoms with van der Waals surface area (Å²) in [6.45, 7) is 4.52. The molecule has 3 N–H and O–H groups in total. The summed E-state index contributed by atoms with van der Waals surface area (Å²) in [6.07, 6.45) is 3.94. The van der Waals surface area contributed by atoms with Crippen molar-refractivity contribution in [1.29, 1.82) is 0 Å². The van der Waals surface area contributed by atoms with Crippen molar-refractivity contribution in [2.45, 2.75) is 51.6 Å². The number of benzene rings is 1. The van der Waals surface area contributed by atoms with Crippen molar-refractivity contribution in [3.8, 4) is 0 Å². The first-order valence-electron chi connectivity index (χ1n) is 7.68. The summed E-state index contributed by atoms with van der Waals surface area (Å²) in [5.41, 5.74) is 7.12. The highest BCUT2D eigenvalue weighted by molar-refractivity contribution is 5.77. The van der Waals surface area contributed by atoms with Gasteiger partial charge in [0.25, 0.3) is 0 Å².